The Morgan fingerprint density at radius 1 is 1.60 bits per heavy atom. The van der Waals surface area contributed by atoms with Crippen molar-refractivity contribution in [1.82, 2.24) is 14.8 Å². The molecule has 0 aliphatic carbocycles. The summed E-state index contributed by atoms with van der Waals surface area (Å²) in [4.78, 5) is 16.1. The van der Waals surface area contributed by atoms with Gasteiger partial charge in [-0.2, -0.15) is 5.10 Å². The Kier molecular flexibility index (Phi) is 3.79. The van der Waals surface area contributed by atoms with Crippen LogP contribution in [-0.4, -0.2) is 32.5 Å². The lowest BCUT2D eigenvalue weighted by Crippen LogP contribution is -2.29. The molecule has 0 saturated carbocycles. The van der Waals surface area contributed by atoms with E-state index in [4.69, 9.17) is 0 Å². The van der Waals surface area contributed by atoms with Gasteiger partial charge < -0.3 is 5.11 Å². The molecule has 0 spiro atoms. The summed E-state index contributed by atoms with van der Waals surface area (Å²) in [5.41, 5.74) is 1.35. The number of rotatable bonds is 4. The van der Waals surface area contributed by atoms with Gasteiger partial charge >= 0.3 is 6.09 Å². The lowest BCUT2D eigenvalue weighted by atomic mass is 10.3. The van der Waals surface area contributed by atoms with Crippen LogP contribution in [0.1, 0.15) is 5.69 Å². The molecule has 6 nitrogen and oxygen atoms in total. The Labute approximate surface area is 114 Å². The Balaban J connectivity index is 2.43. The van der Waals surface area contributed by atoms with Gasteiger partial charge in [0.05, 0.1) is 35.7 Å². The summed E-state index contributed by atoms with van der Waals surface area (Å²) in [5, 5.41) is 13.4. The maximum atomic E-state index is 13.1. The second-order valence-corrected chi connectivity index (χ2v) is 4.09. The van der Waals surface area contributed by atoms with Gasteiger partial charge in [-0.3, -0.25) is 9.88 Å². The van der Waals surface area contributed by atoms with E-state index in [0.29, 0.717) is 17.1 Å². The topological polar surface area (TPSA) is 71.2 Å². The lowest BCUT2D eigenvalue weighted by Gasteiger charge is -2.15. The molecule has 0 aliphatic heterocycles. The van der Waals surface area contributed by atoms with Crippen molar-refractivity contribution in [2.24, 2.45) is 0 Å². The van der Waals surface area contributed by atoms with Gasteiger partial charge in [-0.1, -0.05) is 6.08 Å². The smallest absolute Gasteiger partial charge is 0.412 e. The number of carboxylic acid groups (broad SMARTS) is 1. The third-order valence-corrected chi connectivity index (χ3v) is 2.66. The maximum absolute atomic E-state index is 13.1. The number of aryl methyl sites for hydroxylation is 1. The van der Waals surface area contributed by atoms with Gasteiger partial charge in [0.1, 0.15) is 5.82 Å². The first-order valence-electron chi connectivity index (χ1n) is 5.81. The summed E-state index contributed by atoms with van der Waals surface area (Å²) in [5.74, 6) is -0.488. The van der Waals surface area contributed by atoms with Crippen molar-refractivity contribution < 1.29 is 14.3 Å². The first-order valence-corrected chi connectivity index (χ1v) is 5.81. The van der Waals surface area contributed by atoms with E-state index < -0.39 is 11.9 Å². The molecule has 0 radical (unpaired) electrons. The summed E-state index contributed by atoms with van der Waals surface area (Å²) >= 11 is 0. The largest absolute Gasteiger partial charge is 0.465 e. The molecule has 20 heavy (non-hydrogen) atoms. The summed E-state index contributed by atoms with van der Waals surface area (Å²) < 4.78 is 14.5. The quantitative estimate of drug-likeness (QED) is 0.870. The summed E-state index contributed by atoms with van der Waals surface area (Å²) in [6.07, 6.45) is 4.42. The van der Waals surface area contributed by atoms with Gasteiger partial charge in [-0.25, -0.2) is 13.9 Å². The maximum Gasteiger partial charge on any atom is 0.412 e. The molecule has 0 bridgehead atoms. The summed E-state index contributed by atoms with van der Waals surface area (Å²) in [6, 6.07) is 1.27. The fourth-order valence-electron chi connectivity index (χ4n) is 1.78. The molecule has 0 aromatic carbocycles. The number of pyridine rings is 1. The molecular formula is C13H13FN4O2. The van der Waals surface area contributed by atoms with Crippen molar-refractivity contribution >= 4 is 11.8 Å². The second-order valence-electron chi connectivity index (χ2n) is 4.09. The van der Waals surface area contributed by atoms with E-state index >= 15 is 0 Å². The number of aromatic nitrogens is 3. The predicted octanol–water partition coefficient (Wildman–Crippen LogP) is 2.39. The molecule has 1 N–H and O–H groups in total. The van der Waals surface area contributed by atoms with Crippen LogP contribution < -0.4 is 4.90 Å². The van der Waals surface area contributed by atoms with Crippen molar-refractivity contribution in [3.05, 3.63) is 48.8 Å². The summed E-state index contributed by atoms with van der Waals surface area (Å²) in [7, 11) is 0. The molecule has 2 aromatic rings. The van der Waals surface area contributed by atoms with Gasteiger partial charge in [-0.05, 0) is 6.92 Å². The van der Waals surface area contributed by atoms with Crippen molar-refractivity contribution in [3.8, 4) is 5.69 Å². The van der Waals surface area contributed by atoms with Gasteiger partial charge in [0.15, 0.2) is 0 Å². The van der Waals surface area contributed by atoms with Crippen LogP contribution in [0, 0.1) is 12.7 Å². The molecule has 0 fully saturated rings. The Morgan fingerprint density at radius 2 is 2.35 bits per heavy atom. The van der Waals surface area contributed by atoms with Crippen LogP contribution in [0.25, 0.3) is 5.69 Å². The van der Waals surface area contributed by atoms with E-state index in [1.165, 1.54) is 29.2 Å². The normalized spacial score (nSPS) is 10.3. The molecule has 7 heteroatoms. The Morgan fingerprint density at radius 3 is 2.95 bits per heavy atom. The second kappa shape index (κ2) is 5.52. The van der Waals surface area contributed by atoms with E-state index in [9.17, 15) is 14.3 Å². The van der Waals surface area contributed by atoms with E-state index in [1.807, 2.05) is 0 Å². The van der Waals surface area contributed by atoms with Crippen LogP contribution in [0.15, 0.2) is 37.3 Å². The van der Waals surface area contributed by atoms with Crippen LogP contribution >= 0.6 is 0 Å². The van der Waals surface area contributed by atoms with Crippen LogP contribution in [-0.2, 0) is 0 Å². The third-order valence-electron chi connectivity index (χ3n) is 2.66. The van der Waals surface area contributed by atoms with Gasteiger partial charge in [0.2, 0.25) is 0 Å². The van der Waals surface area contributed by atoms with Crippen LogP contribution in [0.3, 0.4) is 0 Å². The molecule has 0 aliphatic rings. The Bertz CT molecular complexity index is 654. The fourth-order valence-corrected chi connectivity index (χ4v) is 1.78. The van der Waals surface area contributed by atoms with E-state index in [-0.39, 0.29) is 6.54 Å². The lowest BCUT2D eigenvalue weighted by molar-refractivity contribution is 0.202. The highest BCUT2D eigenvalue weighted by Gasteiger charge is 2.18. The van der Waals surface area contributed by atoms with Crippen LogP contribution in [0.2, 0.25) is 0 Å². The fraction of sp³-hybridized carbons (Fsp3) is 0.154. The monoisotopic (exact) mass is 276 g/mol. The van der Waals surface area contributed by atoms with Gasteiger partial charge in [-0.15, -0.1) is 6.58 Å². The molecular weight excluding hydrogens is 263 g/mol. The number of nitrogens with zero attached hydrogens (tertiary/aromatic N) is 4. The highest BCUT2D eigenvalue weighted by atomic mass is 19.1. The zero-order valence-corrected chi connectivity index (χ0v) is 10.8. The van der Waals surface area contributed by atoms with Crippen molar-refractivity contribution in [3.63, 3.8) is 0 Å². The SMILES string of the molecule is C=CCN(C(=O)O)c1cn(-c2cncc(F)c2)nc1C. The van der Waals surface area contributed by atoms with Gasteiger partial charge in [0.25, 0.3) is 0 Å². The van der Waals surface area contributed by atoms with Crippen molar-refractivity contribution in [2.75, 3.05) is 11.4 Å². The highest BCUT2D eigenvalue weighted by Crippen LogP contribution is 2.21. The van der Waals surface area contributed by atoms with Crippen molar-refractivity contribution in [1.29, 1.82) is 0 Å². The third kappa shape index (κ3) is 2.66. The van der Waals surface area contributed by atoms with E-state index in [1.54, 1.807) is 6.92 Å². The van der Waals surface area contributed by atoms with Crippen molar-refractivity contribution in [2.45, 2.75) is 6.92 Å². The number of amides is 1. The summed E-state index contributed by atoms with van der Waals surface area (Å²) in [6.45, 7) is 5.34. The number of halogens is 1. The standard InChI is InChI=1S/C13H13FN4O2/c1-3-4-17(13(19)20)12-8-18(16-9(12)2)11-5-10(14)6-15-7-11/h3,5-8H,1,4H2,2H3,(H,19,20). The zero-order chi connectivity index (χ0) is 14.7. The molecule has 0 unspecified atom stereocenters. The number of carbonyl (C=O) groups is 1. The molecule has 0 saturated heterocycles. The minimum absolute atomic E-state index is 0.142. The minimum Gasteiger partial charge on any atom is -0.465 e. The minimum atomic E-state index is -1.11. The first-order chi connectivity index (χ1) is 9.52. The first kappa shape index (κ1) is 13.7. The molecule has 0 atom stereocenters. The molecule has 2 aromatic heterocycles. The number of hydrogen-bond acceptors (Lipinski definition) is 3. The van der Waals surface area contributed by atoms with Crippen LogP contribution in [0.4, 0.5) is 14.9 Å². The average Bonchev–Trinajstić information content (AvgIpc) is 2.77. The molecule has 104 valence electrons. The van der Waals surface area contributed by atoms with E-state index in [0.717, 1.165) is 11.1 Å². The average molecular weight is 276 g/mol. The van der Waals surface area contributed by atoms with Crippen LogP contribution in [0.5, 0.6) is 0 Å². The van der Waals surface area contributed by atoms with Gasteiger partial charge in [0, 0.05) is 12.6 Å². The predicted molar refractivity (Wildman–Crippen MR) is 71.6 cm³/mol. The molecule has 2 heterocycles. The molecule has 2 rings (SSSR count). The Hall–Kier alpha value is -2.70. The highest BCUT2D eigenvalue weighted by molar-refractivity contribution is 5.86. The molecule has 1 amide bonds. The number of hydrogen-bond donors (Lipinski definition) is 1. The zero-order valence-electron chi connectivity index (χ0n) is 10.8. The number of anilines is 1. The van der Waals surface area contributed by atoms with E-state index in [2.05, 4.69) is 16.7 Å².